The van der Waals surface area contributed by atoms with Gasteiger partial charge in [0.15, 0.2) is 0 Å². The molecule has 29 valence electrons. The summed E-state index contributed by atoms with van der Waals surface area (Å²) in [6.45, 7) is 0. The largest absolute Gasteiger partial charge is 0.367 e. The molecule has 2 heteroatoms. The standard InChI is InChI=1S/C3H6NS/c1-4(2)3-5/h1-2H3. The minimum atomic E-state index is 1.69. The van der Waals surface area contributed by atoms with Crippen molar-refractivity contribution in [3.05, 3.63) is 0 Å². The quantitative estimate of drug-likeness (QED) is 0.337. The first-order valence-corrected chi connectivity index (χ1v) is 1.73. The Morgan fingerprint density at radius 2 is 1.80 bits per heavy atom. The van der Waals surface area contributed by atoms with Crippen LogP contribution in [-0.4, -0.2) is 24.5 Å². The van der Waals surface area contributed by atoms with Crippen LogP contribution in [-0.2, 0) is 0 Å². The van der Waals surface area contributed by atoms with E-state index in [0.717, 1.165) is 0 Å². The van der Waals surface area contributed by atoms with Crippen LogP contribution >= 0.6 is 12.2 Å². The molecule has 5 heavy (non-hydrogen) atoms. The molecule has 0 spiro atoms. The third-order valence-corrected chi connectivity index (χ3v) is 0.548. The van der Waals surface area contributed by atoms with Crippen LogP contribution in [0.3, 0.4) is 0 Å². The molecular weight excluding hydrogens is 82.1 g/mol. The van der Waals surface area contributed by atoms with E-state index in [2.05, 4.69) is 17.7 Å². The molecule has 0 aromatic rings. The monoisotopic (exact) mass is 88.0 g/mol. The minimum absolute atomic E-state index is 1.69. The van der Waals surface area contributed by atoms with Crippen LogP contribution < -0.4 is 0 Å². The summed E-state index contributed by atoms with van der Waals surface area (Å²) in [7, 11) is 3.68. The van der Waals surface area contributed by atoms with Crippen molar-refractivity contribution >= 4 is 17.7 Å². The Labute approximate surface area is 37.6 Å². The molecule has 0 rings (SSSR count). The third-order valence-electron chi connectivity index (χ3n) is 0.183. The molecule has 1 radical (unpaired) electrons. The zero-order chi connectivity index (χ0) is 4.28. The molecule has 0 atom stereocenters. The van der Waals surface area contributed by atoms with Gasteiger partial charge in [0.2, 0.25) is 0 Å². The van der Waals surface area contributed by atoms with Gasteiger partial charge in [0.25, 0.3) is 0 Å². The van der Waals surface area contributed by atoms with Crippen molar-refractivity contribution in [1.82, 2.24) is 4.90 Å². The number of hydrogen-bond acceptors (Lipinski definition) is 1. The summed E-state index contributed by atoms with van der Waals surface area (Å²) in [5.41, 5.74) is 2.44. The first kappa shape index (κ1) is 4.89. The van der Waals surface area contributed by atoms with E-state index >= 15 is 0 Å². The van der Waals surface area contributed by atoms with Crippen molar-refractivity contribution in [2.75, 3.05) is 14.1 Å². The lowest BCUT2D eigenvalue weighted by molar-refractivity contribution is 0.654. The molecule has 0 heterocycles. The molecule has 0 saturated carbocycles. The molecule has 1 nitrogen and oxygen atoms in total. The summed E-state index contributed by atoms with van der Waals surface area (Å²) in [4.78, 5) is 1.69. The van der Waals surface area contributed by atoms with Crippen molar-refractivity contribution in [3.63, 3.8) is 0 Å². The Kier molecular flexibility index (Phi) is 2.10. The molecule has 0 aliphatic carbocycles. The van der Waals surface area contributed by atoms with Gasteiger partial charge in [-0.2, -0.15) is 0 Å². The summed E-state index contributed by atoms with van der Waals surface area (Å²) >= 11 is 4.35. The Bertz CT molecular complexity index is 33.9. The van der Waals surface area contributed by atoms with E-state index in [1.165, 1.54) is 0 Å². The smallest absolute Gasteiger partial charge is 0.136 e. The van der Waals surface area contributed by atoms with Crippen LogP contribution in [0.2, 0.25) is 0 Å². The topological polar surface area (TPSA) is 3.24 Å². The zero-order valence-corrected chi connectivity index (χ0v) is 4.17. The summed E-state index contributed by atoms with van der Waals surface area (Å²) in [6.07, 6.45) is 0. The van der Waals surface area contributed by atoms with Gasteiger partial charge < -0.3 is 4.90 Å². The second-order valence-corrected chi connectivity index (χ2v) is 1.17. The van der Waals surface area contributed by atoms with E-state index in [1.54, 1.807) is 4.90 Å². The molecule has 0 aromatic carbocycles. The lowest BCUT2D eigenvalue weighted by atomic mass is 11.0. The van der Waals surface area contributed by atoms with Crippen LogP contribution in [0, 0.1) is 0 Å². The van der Waals surface area contributed by atoms with Gasteiger partial charge in [0, 0.05) is 14.1 Å². The Morgan fingerprint density at radius 1 is 1.60 bits per heavy atom. The van der Waals surface area contributed by atoms with E-state index < -0.39 is 0 Å². The van der Waals surface area contributed by atoms with Gasteiger partial charge in [0.1, 0.15) is 5.49 Å². The number of rotatable bonds is 1. The molecule has 0 bridgehead atoms. The molecular formula is C3H6NS. The van der Waals surface area contributed by atoms with E-state index in [1.807, 2.05) is 14.1 Å². The molecule has 0 aliphatic rings. The molecule has 0 N–H and O–H groups in total. The van der Waals surface area contributed by atoms with Gasteiger partial charge >= 0.3 is 0 Å². The highest BCUT2D eigenvalue weighted by Crippen LogP contribution is 1.57. The summed E-state index contributed by atoms with van der Waals surface area (Å²) in [6, 6.07) is 0. The van der Waals surface area contributed by atoms with Crippen LogP contribution in [0.4, 0.5) is 0 Å². The molecule has 0 aromatic heterocycles. The maximum absolute atomic E-state index is 4.35. The average molecular weight is 88.2 g/mol. The SMILES string of the molecule is CN(C)[C]=S. The van der Waals surface area contributed by atoms with Crippen molar-refractivity contribution < 1.29 is 0 Å². The first-order valence-electron chi connectivity index (χ1n) is 1.32. The molecule has 0 unspecified atom stereocenters. The fourth-order valence-electron chi connectivity index (χ4n) is 0. The molecule has 0 saturated heterocycles. The van der Waals surface area contributed by atoms with Crippen LogP contribution in [0.1, 0.15) is 0 Å². The predicted molar refractivity (Wildman–Crippen MR) is 26.3 cm³/mol. The molecule has 0 aliphatic heterocycles. The highest BCUT2D eigenvalue weighted by atomic mass is 32.1. The van der Waals surface area contributed by atoms with Gasteiger partial charge in [-0.15, -0.1) is 0 Å². The number of nitrogens with zero attached hydrogens (tertiary/aromatic N) is 1. The summed E-state index contributed by atoms with van der Waals surface area (Å²) in [5, 5.41) is 0. The van der Waals surface area contributed by atoms with Gasteiger partial charge in [-0.1, -0.05) is 12.2 Å². The van der Waals surface area contributed by atoms with E-state index in [9.17, 15) is 0 Å². The molecule has 0 fully saturated rings. The number of hydrogen-bond donors (Lipinski definition) is 0. The average Bonchev–Trinajstić information content (AvgIpc) is 1.38. The lowest BCUT2D eigenvalue weighted by Crippen LogP contribution is -2.04. The van der Waals surface area contributed by atoms with Crippen molar-refractivity contribution in [2.45, 2.75) is 0 Å². The summed E-state index contributed by atoms with van der Waals surface area (Å²) < 4.78 is 0. The van der Waals surface area contributed by atoms with E-state index in [0.29, 0.717) is 0 Å². The van der Waals surface area contributed by atoms with Crippen LogP contribution in [0.25, 0.3) is 0 Å². The number of thiocarbonyl (C=S) groups is 1. The third kappa shape index (κ3) is 3.89. The second-order valence-electron chi connectivity index (χ2n) is 0.986. The maximum Gasteiger partial charge on any atom is 0.136 e. The Hall–Kier alpha value is -0.110. The first-order chi connectivity index (χ1) is 2.27. The normalized spacial score (nSPS) is 6.80. The maximum atomic E-state index is 4.35. The van der Waals surface area contributed by atoms with Crippen LogP contribution in [0.15, 0.2) is 0 Å². The predicted octanol–water partition coefficient (Wildman–Crippen LogP) is 0.382. The Balaban J connectivity index is 2.83. The van der Waals surface area contributed by atoms with E-state index in [4.69, 9.17) is 0 Å². The Morgan fingerprint density at radius 3 is 1.80 bits per heavy atom. The van der Waals surface area contributed by atoms with Gasteiger partial charge in [-0.05, 0) is 0 Å². The zero-order valence-electron chi connectivity index (χ0n) is 3.36. The summed E-state index contributed by atoms with van der Waals surface area (Å²) in [5.74, 6) is 0. The van der Waals surface area contributed by atoms with E-state index in [-0.39, 0.29) is 0 Å². The highest BCUT2D eigenvalue weighted by molar-refractivity contribution is 7.78. The fraction of sp³-hybridized carbons (Fsp3) is 0.667. The van der Waals surface area contributed by atoms with Gasteiger partial charge in [-0.25, -0.2) is 0 Å². The van der Waals surface area contributed by atoms with Crippen molar-refractivity contribution in [1.29, 1.82) is 0 Å². The van der Waals surface area contributed by atoms with Gasteiger partial charge in [0.05, 0.1) is 0 Å². The van der Waals surface area contributed by atoms with Crippen molar-refractivity contribution in [2.24, 2.45) is 0 Å². The second kappa shape index (κ2) is 2.15. The lowest BCUT2D eigenvalue weighted by Gasteiger charge is -1.94. The van der Waals surface area contributed by atoms with Crippen molar-refractivity contribution in [3.8, 4) is 0 Å². The minimum Gasteiger partial charge on any atom is -0.367 e. The molecule has 0 amide bonds. The highest BCUT2D eigenvalue weighted by Gasteiger charge is 1.66. The van der Waals surface area contributed by atoms with Gasteiger partial charge in [-0.3, -0.25) is 0 Å². The fourth-order valence-corrected chi connectivity index (χ4v) is 0. The van der Waals surface area contributed by atoms with Crippen LogP contribution in [0.5, 0.6) is 0 Å².